The van der Waals surface area contributed by atoms with E-state index in [4.69, 9.17) is 14.6 Å². The van der Waals surface area contributed by atoms with Crippen molar-refractivity contribution in [2.75, 3.05) is 0 Å². The van der Waals surface area contributed by atoms with Crippen LogP contribution in [-0.2, 0) is 22.0 Å². The Morgan fingerprint density at radius 3 is 2.56 bits per heavy atom. The van der Waals surface area contributed by atoms with Gasteiger partial charge in [-0.05, 0) is 59.3 Å². The lowest BCUT2D eigenvalue weighted by atomic mass is 9.76. The van der Waals surface area contributed by atoms with Crippen molar-refractivity contribution >= 4 is 21.9 Å². The molecule has 0 aliphatic heterocycles. The first-order valence-electron chi connectivity index (χ1n) is 9.98. The maximum absolute atomic E-state index is 15.1. The topological polar surface area (TPSA) is 83.0 Å². The van der Waals surface area contributed by atoms with E-state index in [1.165, 1.54) is 12.1 Å². The molecule has 0 aliphatic rings. The third-order valence-electron chi connectivity index (χ3n) is 3.83. The summed E-state index contributed by atoms with van der Waals surface area (Å²) in [6.07, 6.45) is -0.154. The van der Waals surface area contributed by atoms with Crippen molar-refractivity contribution in [1.82, 2.24) is 15.0 Å². The Balaban J connectivity index is 2.54. The Hall–Kier alpha value is -1.80. The number of benzene rings is 1. The van der Waals surface area contributed by atoms with Crippen molar-refractivity contribution in [2.24, 2.45) is 18.1 Å². The third kappa shape index (κ3) is 4.93. The average Bonchev–Trinajstić information content (AvgIpc) is 2.94. The number of hydrogen-bond acceptors (Lipinski definition) is 5. The summed E-state index contributed by atoms with van der Waals surface area (Å²) in [4.78, 5) is 13.4. The fourth-order valence-corrected chi connectivity index (χ4v) is 3.33. The molecule has 0 unspecified atom stereocenters. The van der Waals surface area contributed by atoms with Crippen LogP contribution in [0.25, 0.3) is 11.3 Å². The maximum atomic E-state index is 15.1. The highest BCUT2D eigenvalue weighted by atomic mass is 79.9. The number of rotatable bonds is 5. The lowest BCUT2D eigenvalue weighted by Crippen LogP contribution is -2.49. The number of carbonyl (C=O) groups is 1. The van der Waals surface area contributed by atoms with E-state index in [0.717, 1.165) is 6.07 Å². The van der Waals surface area contributed by atoms with Crippen LogP contribution in [0.5, 0.6) is 0 Å². The molecule has 0 spiro atoms. The van der Waals surface area contributed by atoms with Gasteiger partial charge >= 0.3 is 5.97 Å². The summed E-state index contributed by atoms with van der Waals surface area (Å²) in [6, 6.07) is 4.08. The summed E-state index contributed by atoms with van der Waals surface area (Å²) < 4.78 is 42.7. The van der Waals surface area contributed by atoms with Crippen molar-refractivity contribution in [1.29, 1.82) is 0 Å². The van der Waals surface area contributed by atoms with Gasteiger partial charge < -0.3 is 10.5 Å². The van der Waals surface area contributed by atoms with Gasteiger partial charge in [-0.3, -0.25) is 0 Å². The highest BCUT2D eigenvalue weighted by Gasteiger charge is 2.42. The molecule has 27 heavy (non-hydrogen) atoms. The summed E-state index contributed by atoms with van der Waals surface area (Å²) in [5.41, 5.74) is 4.89. The number of halogens is 2. The first-order chi connectivity index (χ1) is 13.5. The molecule has 1 atom stereocenters. The SMILES string of the molecule is [2H]C([2H])([2H])n1nc(Br)c(-c2ccc([C@](N)(CC(C)(C)C)C(=O)OC(C)C)cc2F)n1. The van der Waals surface area contributed by atoms with Gasteiger partial charge in [-0.1, -0.05) is 26.8 Å². The molecule has 1 heterocycles. The van der Waals surface area contributed by atoms with Gasteiger partial charge in [0.05, 0.1) is 6.10 Å². The van der Waals surface area contributed by atoms with Crippen molar-refractivity contribution in [3.8, 4) is 11.3 Å². The zero-order valence-corrected chi connectivity index (χ0v) is 17.6. The van der Waals surface area contributed by atoms with Gasteiger partial charge in [0.1, 0.15) is 17.1 Å². The zero-order chi connectivity index (χ0) is 23.1. The minimum Gasteiger partial charge on any atom is -0.461 e. The minimum absolute atomic E-state index is 0.0245. The van der Waals surface area contributed by atoms with E-state index < -0.39 is 24.3 Å². The van der Waals surface area contributed by atoms with E-state index in [2.05, 4.69) is 26.1 Å². The molecular weight excluding hydrogens is 415 g/mol. The number of esters is 1. The summed E-state index contributed by atoms with van der Waals surface area (Å²) in [6.45, 7) is 6.59. The van der Waals surface area contributed by atoms with Crippen molar-refractivity contribution in [2.45, 2.75) is 52.7 Å². The molecular formula is C19H26BrFN4O2. The summed E-state index contributed by atoms with van der Waals surface area (Å²) >= 11 is 3.12. The predicted molar refractivity (Wildman–Crippen MR) is 105 cm³/mol. The van der Waals surface area contributed by atoms with E-state index in [-0.39, 0.29) is 39.4 Å². The van der Waals surface area contributed by atoms with Crippen molar-refractivity contribution in [3.63, 3.8) is 0 Å². The van der Waals surface area contributed by atoms with Crippen LogP contribution in [0.4, 0.5) is 4.39 Å². The number of nitrogens with two attached hydrogens (primary N) is 1. The Morgan fingerprint density at radius 1 is 1.41 bits per heavy atom. The van der Waals surface area contributed by atoms with E-state index >= 15 is 4.39 Å². The molecule has 0 fully saturated rings. The van der Waals surface area contributed by atoms with E-state index in [1.54, 1.807) is 13.8 Å². The predicted octanol–water partition coefficient (Wildman–Crippen LogP) is 3.93. The molecule has 0 radical (unpaired) electrons. The maximum Gasteiger partial charge on any atom is 0.331 e. The Labute approximate surface area is 171 Å². The molecule has 6 nitrogen and oxygen atoms in total. The number of aryl methyl sites for hydroxylation is 1. The Bertz CT molecular complexity index is 941. The molecule has 8 heteroatoms. The molecule has 148 valence electrons. The molecule has 2 N–H and O–H groups in total. The second-order valence-electron chi connectivity index (χ2n) is 7.99. The van der Waals surface area contributed by atoms with E-state index in [1.807, 2.05) is 20.8 Å². The van der Waals surface area contributed by atoms with Gasteiger partial charge in [-0.15, -0.1) is 5.10 Å². The third-order valence-corrected chi connectivity index (χ3v) is 4.36. The van der Waals surface area contributed by atoms with E-state index in [9.17, 15) is 4.79 Å². The van der Waals surface area contributed by atoms with Crippen molar-refractivity contribution < 1.29 is 18.0 Å². The van der Waals surface area contributed by atoms with Crippen LogP contribution in [0.3, 0.4) is 0 Å². The van der Waals surface area contributed by atoms with Gasteiger partial charge in [0.25, 0.3) is 0 Å². The van der Waals surface area contributed by atoms with Gasteiger partial charge in [-0.25, -0.2) is 9.18 Å². The molecule has 2 aromatic rings. The second kappa shape index (κ2) is 7.67. The molecule has 0 saturated carbocycles. The average molecular weight is 444 g/mol. The van der Waals surface area contributed by atoms with Gasteiger partial charge in [-0.2, -0.15) is 9.90 Å². The van der Waals surface area contributed by atoms with Crippen LogP contribution in [0, 0.1) is 11.2 Å². The van der Waals surface area contributed by atoms with Gasteiger partial charge in [0.15, 0.2) is 4.60 Å². The largest absolute Gasteiger partial charge is 0.461 e. The van der Waals surface area contributed by atoms with Crippen LogP contribution in [-0.4, -0.2) is 27.1 Å². The van der Waals surface area contributed by atoms with Crippen LogP contribution in [0.1, 0.15) is 50.7 Å². The quantitative estimate of drug-likeness (QED) is 0.707. The number of nitrogens with zero attached hydrogens (tertiary/aromatic N) is 3. The first-order valence-corrected chi connectivity index (χ1v) is 9.27. The summed E-state index contributed by atoms with van der Waals surface area (Å²) in [5.74, 6) is -1.36. The number of ether oxygens (including phenoxy) is 1. The Morgan fingerprint density at radius 2 is 2.07 bits per heavy atom. The standard InChI is InChI=1S/C19H26BrFN4O2/c1-11(2)27-17(26)19(22,10-18(3,4)5)12-7-8-13(14(21)9-12)15-16(20)24-25(6)23-15/h7-9,11H,10,22H2,1-6H3/t19-/m1/s1/i6D3. The van der Waals surface area contributed by atoms with Gasteiger partial charge in [0, 0.05) is 16.7 Å². The number of aromatic nitrogens is 3. The number of hydrogen-bond donors (Lipinski definition) is 1. The van der Waals surface area contributed by atoms with Crippen LogP contribution >= 0.6 is 15.9 Å². The summed E-state index contributed by atoms with van der Waals surface area (Å²) in [5, 5.41) is 7.65. The van der Waals surface area contributed by atoms with Crippen LogP contribution in [0.15, 0.2) is 22.8 Å². The smallest absolute Gasteiger partial charge is 0.331 e. The second-order valence-corrected chi connectivity index (χ2v) is 8.74. The highest BCUT2D eigenvalue weighted by Crippen LogP contribution is 2.36. The lowest BCUT2D eigenvalue weighted by Gasteiger charge is -2.34. The molecule has 1 aromatic carbocycles. The number of carbonyl (C=O) groups excluding carboxylic acids is 1. The minimum atomic E-state index is -2.60. The normalized spacial score (nSPS) is 16.4. The van der Waals surface area contributed by atoms with Gasteiger partial charge in [0.2, 0.25) is 0 Å². The monoisotopic (exact) mass is 443 g/mol. The molecule has 0 saturated heterocycles. The van der Waals surface area contributed by atoms with E-state index in [0.29, 0.717) is 4.80 Å². The fourth-order valence-electron chi connectivity index (χ4n) is 2.89. The van der Waals surface area contributed by atoms with Crippen molar-refractivity contribution in [3.05, 3.63) is 34.2 Å². The van der Waals surface area contributed by atoms with Crippen LogP contribution in [0.2, 0.25) is 0 Å². The van der Waals surface area contributed by atoms with Crippen LogP contribution < -0.4 is 5.73 Å². The molecule has 0 amide bonds. The fraction of sp³-hybridized carbons (Fsp3) is 0.526. The summed E-state index contributed by atoms with van der Waals surface area (Å²) in [7, 11) is 0. The highest BCUT2D eigenvalue weighted by molar-refractivity contribution is 9.10. The molecule has 0 aliphatic carbocycles. The molecule has 2 rings (SSSR count). The zero-order valence-electron chi connectivity index (χ0n) is 19.0. The Kier molecular flexibility index (Phi) is 4.92. The first kappa shape index (κ1) is 17.3. The lowest BCUT2D eigenvalue weighted by molar-refractivity contribution is -0.156. The molecule has 0 bridgehead atoms. The molecule has 1 aromatic heterocycles.